The van der Waals surface area contributed by atoms with Gasteiger partial charge in [-0.25, -0.2) is 0 Å². The molecule has 0 N–H and O–H groups in total. The maximum absolute atomic E-state index is 2.41. The molecule has 0 saturated heterocycles. The van der Waals surface area contributed by atoms with Gasteiger partial charge in [0, 0.05) is 34.1 Å². The Balaban J connectivity index is 0.961. The van der Waals surface area contributed by atoms with E-state index >= 15 is 0 Å². The lowest BCUT2D eigenvalue weighted by Gasteiger charge is -2.26. The van der Waals surface area contributed by atoms with E-state index in [0.29, 0.717) is 0 Å². The number of hydrogen-bond acceptors (Lipinski definition) is 2. The van der Waals surface area contributed by atoms with Gasteiger partial charge in [0.25, 0.3) is 0 Å². The van der Waals surface area contributed by atoms with Crippen LogP contribution in [0.5, 0.6) is 0 Å². The van der Waals surface area contributed by atoms with E-state index in [-0.39, 0.29) is 0 Å². The zero-order chi connectivity index (χ0) is 57.3. The molecule has 0 radical (unpaired) electrons. The van der Waals surface area contributed by atoms with Crippen molar-refractivity contribution < 1.29 is 0 Å². The quantitative estimate of drug-likeness (QED) is 0.113. The van der Waals surface area contributed by atoms with Crippen molar-refractivity contribution in [1.29, 1.82) is 0 Å². The second-order valence-electron chi connectivity index (χ2n) is 22.7. The number of aryl methyl sites for hydroxylation is 6. The number of rotatable bonds is 12. The minimum Gasteiger partial charge on any atom is -0.310 e. The molecule has 0 bridgehead atoms. The fourth-order valence-electron chi connectivity index (χ4n) is 11.8. The molecular formula is C82H66N2. The second-order valence-corrected chi connectivity index (χ2v) is 22.7. The van der Waals surface area contributed by atoms with Gasteiger partial charge in [-0.05, 0) is 213 Å². The minimum absolute atomic E-state index is 1.08. The van der Waals surface area contributed by atoms with Gasteiger partial charge in [-0.15, -0.1) is 0 Å². The number of anilines is 6. The van der Waals surface area contributed by atoms with Crippen LogP contribution in [0.15, 0.2) is 279 Å². The van der Waals surface area contributed by atoms with Gasteiger partial charge in [0.1, 0.15) is 0 Å². The molecule has 12 aromatic rings. The monoisotopic (exact) mass is 1080 g/mol. The first-order valence-corrected chi connectivity index (χ1v) is 29.2. The molecule has 84 heavy (non-hydrogen) atoms. The molecule has 13 rings (SSSR count). The van der Waals surface area contributed by atoms with Gasteiger partial charge in [0.2, 0.25) is 0 Å². The highest BCUT2D eigenvalue weighted by Gasteiger charge is 2.17. The molecule has 0 fully saturated rings. The summed E-state index contributed by atoms with van der Waals surface area (Å²) in [7, 11) is 0. The first-order chi connectivity index (χ1) is 41.1. The van der Waals surface area contributed by atoms with Gasteiger partial charge in [0.05, 0.1) is 0 Å². The predicted molar refractivity (Wildman–Crippen MR) is 354 cm³/mol. The Morgan fingerprint density at radius 3 is 0.702 bits per heavy atom. The Labute approximate surface area is 493 Å². The molecule has 0 aliphatic heterocycles. The SMILES string of the molecule is Cc1ccc(C(=Cc2ccc(N(c3ccc(C)cc3)c3ccc4c(c3)=c3ccccc3=c3ccc(N(c5ccc(C)cc5)c5ccc(C=C(c6ccc(C)cc6)c6ccc(C)cc6)cc5)cc3=c3ccccc3=4)cc2)c2ccc(C)cc2)cc1. The van der Waals surface area contributed by atoms with E-state index < -0.39 is 0 Å². The highest BCUT2D eigenvalue weighted by molar-refractivity contribution is 5.93. The summed E-state index contributed by atoms with van der Waals surface area (Å²) in [5, 5.41) is 9.52. The average Bonchev–Trinajstić information content (AvgIpc) is 2.26. The standard InChI is InChI=1S/C82H66N2/c1-55-15-31-63(32-16-55)79(64-33-17-56(2)18-34-64)51-61-27-43-69(44-28-61)83(67-39-23-59(5)24-40-67)71-47-49-77-74-12-8-10-14-76(74)82-54-72(48-50-78(82)73-11-7-9-13-75(73)81(77)53-71)84(68-41-25-60(6)26-42-68)70-45-29-62(30-46-70)52-80(65-35-19-57(3)20-36-65)66-37-21-58(4)22-38-66/h7-54H,1-6H3. The van der Waals surface area contributed by atoms with Crippen molar-refractivity contribution in [2.45, 2.75) is 41.5 Å². The lowest BCUT2D eigenvalue weighted by atomic mass is 9.94. The normalized spacial score (nSPS) is 11.2. The van der Waals surface area contributed by atoms with Crippen LogP contribution in [-0.2, 0) is 0 Å². The second kappa shape index (κ2) is 22.9. The summed E-state index contributed by atoms with van der Waals surface area (Å²) < 4.78 is 0. The number of benzene rings is 12. The highest BCUT2D eigenvalue weighted by Crippen LogP contribution is 2.39. The van der Waals surface area contributed by atoms with Crippen LogP contribution in [0.1, 0.15) is 66.8 Å². The molecule has 0 aromatic heterocycles. The molecule has 0 spiro atoms. The smallest absolute Gasteiger partial charge is 0.0468 e. The molecule has 404 valence electrons. The van der Waals surface area contributed by atoms with Crippen molar-refractivity contribution in [2.75, 3.05) is 9.80 Å². The fourth-order valence-corrected chi connectivity index (χ4v) is 11.8. The summed E-state index contributed by atoms with van der Waals surface area (Å²) in [5.41, 5.74) is 23.4. The Kier molecular flexibility index (Phi) is 14.5. The van der Waals surface area contributed by atoms with Gasteiger partial charge in [-0.2, -0.15) is 0 Å². The number of nitrogens with zero attached hydrogens (tertiary/aromatic N) is 2. The molecular weight excluding hydrogens is 1010 g/mol. The summed E-state index contributed by atoms with van der Waals surface area (Å²) in [5.74, 6) is 0. The molecule has 0 saturated carbocycles. The third kappa shape index (κ3) is 10.9. The molecule has 0 unspecified atom stereocenters. The van der Waals surface area contributed by atoms with E-state index in [2.05, 4.69) is 343 Å². The van der Waals surface area contributed by atoms with Crippen LogP contribution in [-0.4, -0.2) is 0 Å². The van der Waals surface area contributed by atoms with Crippen molar-refractivity contribution in [3.8, 4) is 0 Å². The van der Waals surface area contributed by atoms with E-state index in [1.807, 2.05) is 0 Å². The van der Waals surface area contributed by atoms with E-state index in [1.54, 1.807) is 0 Å². The largest absolute Gasteiger partial charge is 0.310 e. The zero-order valence-electron chi connectivity index (χ0n) is 48.6. The van der Waals surface area contributed by atoms with Crippen LogP contribution >= 0.6 is 0 Å². The molecule has 2 heteroatoms. The van der Waals surface area contributed by atoms with Crippen LogP contribution in [0.25, 0.3) is 23.3 Å². The van der Waals surface area contributed by atoms with Crippen molar-refractivity contribution in [3.05, 3.63) is 388 Å². The van der Waals surface area contributed by atoms with Crippen molar-refractivity contribution >= 4 is 57.4 Å². The Morgan fingerprint density at radius 2 is 0.429 bits per heavy atom. The van der Waals surface area contributed by atoms with Crippen LogP contribution in [0.2, 0.25) is 0 Å². The van der Waals surface area contributed by atoms with Crippen LogP contribution in [0.4, 0.5) is 34.1 Å². The third-order valence-corrected chi connectivity index (χ3v) is 16.5. The van der Waals surface area contributed by atoms with Crippen LogP contribution in [0.3, 0.4) is 0 Å². The van der Waals surface area contributed by atoms with Crippen molar-refractivity contribution in [1.82, 2.24) is 0 Å². The van der Waals surface area contributed by atoms with E-state index in [9.17, 15) is 0 Å². The highest BCUT2D eigenvalue weighted by atomic mass is 15.1. The summed E-state index contributed by atoms with van der Waals surface area (Å²) in [4.78, 5) is 4.80. The zero-order valence-corrected chi connectivity index (χ0v) is 48.6. The number of fused-ring (bicyclic) bond motifs is 4. The first-order valence-electron chi connectivity index (χ1n) is 29.2. The summed E-state index contributed by atoms with van der Waals surface area (Å²) in [6, 6.07) is 103. The maximum atomic E-state index is 2.41. The molecule has 2 nitrogen and oxygen atoms in total. The molecule has 1 aliphatic carbocycles. The maximum Gasteiger partial charge on any atom is 0.0468 e. The third-order valence-electron chi connectivity index (χ3n) is 16.5. The first kappa shape index (κ1) is 53.1. The molecule has 0 heterocycles. The summed E-state index contributed by atoms with van der Waals surface area (Å²) in [6.07, 6.45) is 4.64. The summed E-state index contributed by atoms with van der Waals surface area (Å²) >= 11 is 0. The van der Waals surface area contributed by atoms with Gasteiger partial charge < -0.3 is 9.80 Å². The number of hydrogen-bond donors (Lipinski definition) is 0. The van der Waals surface area contributed by atoms with Crippen molar-refractivity contribution in [3.63, 3.8) is 0 Å². The minimum atomic E-state index is 1.08. The van der Waals surface area contributed by atoms with E-state index in [1.165, 1.54) is 109 Å². The Bertz CT molecular complexity index is 4460. The Hall–Kier alpha value is -10.3. The fraction of sp³-hybridized carbons (Fsp3) is 0.0732. The van der Waals surface area contributed by atoms with Crippen molar-refractivity contribution in [2.24, 2.45) is 0 Å². The topological polar surface area (TPSA) is 6.48 Å². The summed E-state index contributed by atoms with van der Waals surface area (Å²) in [6.45, 7) is 12.9. The molecule has 0 atom stereocenters. The van der Waals surface area contributed by atoms with Gasteiger partial charge in [-0.3, -0.25) is 0 Å². The van der Waals surface area contributed by atoms with Crippen LogP contribution in [0, 0.1) is 83.3 Å². The van der Waals surface area contributed by atoms with Gasteiger partial charge >= 0.3 is 0 Å². The van der Waals surface area contributed by atoms with Crippen LogP contribution < -0.4 is 9.80 Å². The Morgan fingerprint density at radius 1 is 0.214 bits per heavy atom. The average molecular weight is 1080 g/mol. The van der Waals surface area contributed by atoms with Gasteiger partial charge in [-0.1, -0.05) is 240 Å². The molecule has 0 amide bonds. The lowest BCUT2D eigenvalue weighted by molar-refractivity contribution is 1.23. The predicted octanol–water partition coefficient (Wildman–Crippen LogP) is 21.1. The van der Waals surface area contributed by atoms with E-state index in [4.69, 9.17) is 0 Å². The lowest BCUT2D eigenvalue weighted by Crippen LogP contribution is -2.10. The molecule has 12 aromatic carbocycles. The van der Waals surface area contributed by atoms with Gasteiger partial charge in [0.15, 0.2) is 0 Å². The molecule has 1 aliphatic rings. The van der Waals surface area contributed by atoms with E-state index in [0.717, 1.165) is 45.3 Å².